The van der Waals surface area contributed by atoms with Crippen molar-refractivity contribution in [3.05, 3.63) is 58.7 Å². The lowest BCUT2D eigenvalue weighted by Gasteiger charge is -2.25. The number of quaternary nitrogens is 2. The average molecular weight is 344 g/mol. The van der Waals surface area contributed by atoms with Crippen molar-refractivity contribution in [2.75, 3.05) is 42.3 Å². The Balaban J connectivity index is 2.25. The first-order valence-electron chi connectivity index (χ1n) is 8.65. The fourth-order valence-corrected chi connectivity index (χ4v) is 3.01. The third-order valence-corrected chi connectivity index (χ3v) is 3.99. The van der Waals surface area contributed by atoms with Crippen LogP contribution in [0.25, 0.3) is 0 Å². The molecule has 0 saturated heterocycles. The van der Waals surface area contributed by atoms with Gasteiger partial charge in [0.2, 0.25) is 0 Å². The fourth-order valence-electron chi connectivity index (χ4n) is 3.01. The highest BCUT2D eigenvalue weighted by atomic mass is 16.3. The third-order valence-electron chi connectivity index (χ3n) is 3.99. The zero-order valence-electron chi connectivity index (χ0n) is 16.4. The number of benzene rings is 2. The van der Waals surface area contributed by atoms with Crippen molar-refractivity contribution in [1.82, 2.24) is 0 Å². The molecule has 0 fully saturated rings. The van der Waals surface area contributed by atoms with E-state index in [0.717, 1.165) is 39.6 Å². The van der Waals surface area contributed by atoms with E-state index < -0.39 is 0 Å². The second-order valence-corrected chi connectivity index (χ2v) is 9.00. The summed E-state index contributed by atoms with van der Waals surface area (Å²) < 4.78 is 1.54. The molecule has 0 amide bonds. The summed E-state index contributed by atoms with van der Waals surface area (Å²) in [5, 5.41) is 20.3. The van der Waals surface area contributed by atoms with Crippen LogP contribution in [0.2, 0.25) is 0 Å². The maximum atomic E-state index is 10.1. The van der Waals surface area contributed by atoms with Crippen molar-refractivity contribution in [2.45, 2.75) is 19.5 Å². The number of hydrogen-bond acceptors (Lipinski definition) is 2. The minimum atomic E-state index is 0.355. The summed E-state index contributed by atoms with van der Waals surface area (Å²) in [6.07, 6.45) is 0.787. The summed E-state index contributed by atoms with van der Waals surface area (Å²) in [6, 6.07) is 11.7. The first-order valence-corrected chi connectivity index (χ1v) is 8.65. The highest BCUT2D eigenvalue weighted by molar-refractivity contribution is 5.41. The number of aromatic hydroxyl groups is 2. The summed E-state index contributed by atoms with van der Waals surface area (Å²) in [4.78, 5) is 0. The number of hydrogen-bond donors (Lipinski definition) is 2. The summed E-state index contributed by atoms with van der Waals surface area (Å²) in [5.74, 6) is 0.710. The molecule has 0 heterocycles. The molecule has 0 aliphatic heterocycles. The number of nitrogens with zero attached hydrogens (tertiary/aromatic N) is 2. The van der Waals surface area contributed by atoms with Gasteiger partial charge in [-0.05, 0) is 41.8 Å². The van der Waals surface area contributed by atoms with E-state index in [4.69, 9.17) is 0 Å². The van der Waals surface area contributed by atoms with Crippen LogP contribution >= 0.6 is 0 Å². The minimum Gasteiger partial charge on any atom is -0.507 e. The molecule has 4 heteroatoms. The summed E-state index contributed by atoms with van der Waals surface area (Å²) in [7, 11) is 12.7. The van der Waals surface area contributed by atoms with E-state index in [-0.39, 0.29) is 0 Å². The first kappa shape index (κ1) is 19.3. The van der Waals surface area contributed by atoms with E-state index in [9.17, 15) is 10.2 Å². The highest BCUT2D eigenvalue weighted by Crippen LogP contribution is 2.25. The van der Waals surface area contributed by atoms with Crippen LogP contribution in [0.5, 0.6) is 11.5 Å². The van der Waals surface area contributed by atoms with Crippen LogP contribution in [0.4, 0.5) is 0 Å². The molecule has 136 valence electrons. The third kappa shape index (κ3) is 6.07. The topological polar surface area (TPSA) is 40.5 Å². The Morgan fingerprint density at radius 3 is 1.32 bits per heavy atom. The maximum absolute atomic E-state index is 10.1. The molecule has 0 saturated carbocycles. The minimum absolute atomic E-state index is 0.355. The Morgan fingerprint density at radius 2 is 1.00 bits per heavy atom. The number of phenols is 2. The Labute approximate surface area is 151 Å². The molecule has 0 atom stereocenters. The van der Waals surface area contributed by atoms with Gasteiger partial charge < -0.3 is 19.2 Å². The normalized spacial score (nSPS) is 12.4. The molecular formula is C21H32N2O2+2. The van der Waals surface area contributed by atoms with Crippen LogP contribution in [0, 0.1) is 0 Å². The van der Waals surface area contributed by atoms with Crippen LogP contribution in [-0.4, -0.2) is 61.5 Å². The van der Waals surface area contributed by atoms with E-state index in [0.29, 0.717) is 11.5 Å². The molecule has 0 aliphatic rings. The van der Waals surface area contributed by atoms with E-state index in [2.05, 4.69) is 54.4 Å². The number of rotatable bonds is 6. The summed E-state index contributed by atoms with van der Waals surface area (Å²) in [5.41, 5.74) is 4.27. The molecule has 2 aromatic rings. The zero-order valence-corrected chi connectivity index (χ0v) is 16.4. The van der Waals surface area contributed by atoms with Gasteiger partial charge in [-0.2, -0.15) is 0 Å². The van der Waals surface area contributed by atoms with Gasteiger partial charge in [0.25, 0.3) is 0 Å². The fraction of sp³-hybridized carbons (Fsp3) is 0.429. The van der Waals surface area contributed by atoms with Gasteiger partial charge in [-0.1, -0.05) is 12.1 Å². The predicted molar refractivity (Wildman–Crippen MR) is 102 cm³/mol. The van der Waals surface area contributed by atoms with Crippen LogP contribution in [0.3, 0.4) is 0 Å². The molecule has 2 aromatic carbocycles. The van der Waals surface area contributed by atoms with Gasteiger partial charge in [0.05, 0.1) is 42.3 Å². The lowest BCUT2D eigenvalue weighted by Crippen LogP contribution is -2.33. The Bertz CT molecular complexity index is 677. The molecule has 0 unspecified atom stereocenters. The molecule has 0 aliphatic carbocycles. The predicted octanol–water partition coefficient (Wildman–Crippen LogP) is 3.10. The van der Waals surface area contributed by atoms with Gasteiger partial charge in [-0.25, -0.2) is 0 Å². The average Bonchev–Trinajstić information content (AvgIpc) is 2.43. The van der Waals surface area contributed by atoms with Crippen molar-refractivity contribution in [3.8, 4) is 11.5 Å². The first-order chi connectivity index (χ1) is 11.4. The van der Waals surface area contributed by atoms with Crippen molar-refractivity contribution >= 4 is 0 Å². The Hall–Kier alpha value is -2.04. The Kier molecular flexibility index (Phi) is 5.45. The molecule has 4 nitrogen and oxygen atoms in total. The van der Waals surface area contributed by atoms with Gasteiger partial charge >= 0.3 is 0 Å². The highest BCUT2D eigenvalue weighted by Gasteiger charge is 2.15. The van der Waals surface area contributed by atoms with Crippen molar-refractivity contribution in [3.63, 3.8) is 0 Å². The molecule has 0 radical (unpaired) electrons. The summed E-state index contributed by atoms with van der Waals surface area (Å²) in [6.45, 7) is 1.56. The molecule has 0 spiro atoms. The van der Waals surface area contributed by atoms with E-state index in [1.807, 2.05) is 12.1 Å². The molecule has 2 rings (SSSR count). The quantitative estimate of drug-likeness (QED) is 0.791. The molecule has 2 N–H and O–H groups in total. The van der Waals surface area contributed by atoms with Gasteiger partial charge in [-0.15, -0.1) is 0 Å². The van der Waals surface area contributed by atoms with Gasteiger partial charge in [0.15, 0.2) is 0 Å². The van der Waals surface area contributed by atoms with Crippen LogP contribution in [-0.2, 0) is 19.5 Å². The van der Waals surface area contributed by atoms with E-state index in [1.165, 1.54) is 11.1 Å². The second-order valence-electron chi connectivity index (χ2n) is 9.00. The van der Waals surface area contributed by atoms with E-state index >= 15 is 0 Å². The van der Waals surface area contributed by atoms with Crippen molar-refractivity contribution < 1.29 is 19.2 Å². The summed E-state index contributed by atoms with van der Waals surface area (Å²) >= 11 is 0. The maximum Gasteiger partial charge on any atom is 0.124 e. The largest absolute Gasteiger partial charge is 0.507 e. The van der Waals surface area contributed by atoms with Gasteiger partial charge in [0.1, 0.15) is 24.6 Å². The van der Waals surface area contributed by atoms with Crippen molar-refractivity contribution in [1.29, 1.82) is 0 Å². The standard InChI is InChI=1S/C21H30N2O2/c1-22(2,3)14-18-12-16(7-9-20(18)24)11-17-8-10-21(25)19(13-17)15-23(4,5)6/h7-10,12-13H,11,14-15H2,1-6H3/p+2. The lowest BCUT2D eigenvalue weighted by atomic mass is 9.99. The van der Waals surface area contributed by atoms with Gasteiger partial charge in [0, 0.05) is 11.1 Å². The SMILES string of the molecule is C[N+](C)(C)Cc1cc(Cc2ccc(O)c(C[N+](C)(C)C)c2)ccc1O. The van der Waals surface area contributed by atoms with Crippen LogP contribution in [0.15, 0.2) is 36.4 Å². The van der Waals surface area contributed by atoms with Crippen LogP contribution < -0.4 is 0 Å². The monoisotopic (exact) mass is 344 g/mol. The van der Waals surface area contributed by atoms with Crippen molar-refractivity contribution in [2.24, 2.45) is 0 Å². The molecule has 0 aromatic heterocycles. The second kappa shape index (κ2) is 7.06. The molecular weight excluding hydrogens is 312 g/mol. The Morgan fingerprint density at radius 1 is 0.640 bits per heavy atom. The van der Waals surface area contributed by atoms with Crippen LogP contribution in [0.1, 0.15) is 22.3 Å². The zero-order chi connectivity index (χ0) is 18.8. The lowest BCUT2D eigenvalue weighted by molar-refractivity contribution is -0.884. The molecule has 25 heavy (non-hydrogen) atoms. The van der Waals surface area contributed by atoms with E-state index in [1.54, 1.807) is 12.1 Å². The number of phenolic OH excluding ortho intramolecular Hbond substituents is 2. The smallest absolute Gasteiger partial charge is 0.124 e. The van der Waals surface area contributed by atoms with Gasteiger partial charge in [-0.3, -0.25) is 0 Å². The molecule has 0 bridgehead atoms.